The number of hydrogen-bond acceptors (Lipinski definition) is 3. The van der Waals surface area contributed by atoms with E-state index in [0.717, 1.165) is 38.2 Å². The number of hydrogen-bond donors (Lipinski definition) is 1. The fourth-order valence-corrected chi connectivity index (χ4v) is 2.89. The summed E-state index contributed by atoms with van der Waals surface area (Å²) in [7, 11) is 1.49. The van der Waals surface area contributed by atoms with E-state index in [1.807, 2.05) is 6.07 Å². The van der Waals surface area contributed by atoms with Gasteiger partial charge in [0.25, 0.3) is 0 Å². The molecule has 0 aromatic heterocycles. The molecule has 1 aromatic carbocycles. The highest BCUT2D eigenvalue weighted by molar-refractivity contribution is 5.30. The number of halogens is 1. The molecule has 110 valence electrons. The van der Waals surface area contributed by atoms with Crippen LogP contribution in [-0.4, -0.2) is 32.9 Å². The fourth-order valence-electron chi connectivity index (χ4n) is 2.89. The summed E-state index contributed by atoms with van der Waals surface area (Å²) in [6.45, 7) is 2.54. The van der Waals surface area contributed by atoms with Crippen molar-refractivity contribution in [1.29, 1.82) is 0 Å². The van der Waals surface area contributed by atoms with Crippen LogP contribution in [0.3, 0.4) is 0 Å². The highest BCUT2D eigenvalue weighted by atomic mass is 19.1. The summed E-state index contributed by atoms with van der Waals surface area (Å²) in [5, 5.41) is 3.60. The number of nitrogens with one attached hydrogen (secondary N) is 1. The minimum atomic E-state index is -0.283. The minimum Gasteiger partial charge on any atom is -0.494 e. The second kappa shape index (κ2) is 5.70. The molecule has 2 aliphatic rings. The van der Waals surface area contributed by atoms with E-state index >= 15 is 0 Å². The Hall–Kier alpha value is -1.13. The number of ether oxygens (including phenoxy) is 2. The zero-order valence-corrected chi connectivity index (χ0v) is 12.0. The number of methoxy groups -OCH3 is 1. The quantitative estimate of drug-likeness (QED) is 0.868. The second-order valence-electron chi connectivity index (χ2n) is 6.10. The van der Waals surface area contributed by atoms with Crippen LogP contribution in [0.25, 0.3) is 0 Å². The Kier molecular flexibility index (Phi) is 3.94. The summed E-state index contributed by atoms with van der Waals surface area (Å²) in [5.41, 5.74) is 1.13. The van der Waals surface area contributed by atoms with Crippen molar-refractivity contribution in [2.24, 2.45) is 5.41 Å². The maximum Gasteiger partial charge on any atom is 0.165 e. The molecule has 0 bridgehead atoms. The average Bonchev–Trinajstić information content (AvgIpc) is 3.17. The van der Waals surface area contributed by atoms with Gasteiger partial charge in [0.2, 0.25) is 0 Å². The van der Waals surface area contributed by atoms with E-state index < -0.39 is 0 Å². The molecule has 1 atom stereocenters. The second-order valence-corrected chi connectivity index (χ2v) is 6.10. The molecule has 1 aliphatic carbocycles. The molecular formula is C16H22FNO2. The molecule has 1 aromatic rings. The van der Waals surface area contributed by atoms with E-state index in [4.69, 9.17) is 9.47 Å². The lowest BCUT2D eigenvalue weighted by atomic mass is 9.80. The lowest BCUT2D eigenvalue weighted by molar-refractivity contribution is 0.149. The van der Waals surface area contributed by atoms with E-state index in [1.54, 1.807) is 12.1 Å². The zero-order valence-electron chi connectivity index (χ0n) is 12.0. The van der Waals surface area contributed by atoms with Crippen molar-refractivity contribution in [1.82, 2.24) is 5.32 Å². The third-order valence-corrected chi connectivity index (χ3v) is 4.32. The third kappa shape index (κ3) is 3.13. The highest BCUT2D eigenvalue weighted by Gasteiger charge is 2.36. The van der Waals surface area contributed by atoms with Gasteiger partial charge in [-0.15, -0.1) is 0 Å². The maximum absolute atomic E-state index is 13.8. The van der Waals surface area contributed by atoms with Gasteiger partial charge < -0.3 is 14.8 Å². The zero-order chi connectivity index (χ0) is 14.0. The largest absolute Gasteiger partial charge is 0.494 e. The Morgan fingerprint density at radius 1 is 1.45 bits per heavy atom. The molecule has 1 N–H and O–H groups in total. The Balaban J connectivity index is 1.70. The van der Waals surface area contributed by atoms with Crippen LogP contribution >= 0.6 is 0 Å². The first-order chi connectivity index (χ1) is 9.71. The van der Waals surface area contributed by atoms with Crippen molar-refractivity contribution in [3.05, 3.63) is 29.6 Å². The van der Waals surface area contributed by atoms with Gasteiger partial charge >= 0.3 is 0 Å². The average molecular weight is 279 g/mol. The Morgan fingerprint density at radius 3 is 2.90 bits per heavy atom. The van der Waals surface area contributed by atoms with Gasteiger partial charge in [-0.05, 0) is 43.4 Å². The summed E-state index contributed by atoms with van der Waals surface area (Å²) >= 11 is 0. The van der Waals surface area contributed by atoms with Gasteiger partial charge in [0, 0.05) is 24.6 Å². The normalized spacial score (nSPS) is 25.9. The molecule has 0 amide bonds. The van der Waals surface area contributed by atoms with Crippen LogP contribution in [0.5, 0.6) is 5.75 Å². The monoisotopic (exact) mass is 279 g/mol. The minimum absolute atomic E-state index is 0.115. The van der Waals surface area contributed by atoms with Crippen LogP contribution < -0.4 is 10.1 Å². The first-order valence-corrected chi connectivity index (χ1v) is 7.34. The molecule has 1 saturated heterocycles. The molecule has 20 heavy (non-hydrogen) atoms. The lowest BCUT2D eigenvalue weighted by Crippen LogP contribution is -2.37. The molecule has 3 nitrogen and oxygen atoms in total. The smallest absolute Gasteiger partial charge is 0.165 e. The van der Waals surface area contributed by atoms with E-state index in [0.29, 0.717) is 11.8 Å². The van der Waals surface area contributed by atoms with Gasteiger partial charge in [-0.2, -0.15) is 0 Å². The van der Waals surface area contributed by atoms with E-state index in [-0.39, 0.29) is 11.2 Å². The molecule has 1 aliphatic heterocycles. The summed E-state index contributed by atoms with van der Waals surface area (Å²) in [6, 6.07) is 5.96. The Morgan fingerprint density at radius 2 is 2.30 bits per heavy atom. The summed E-state index contributed by atoms with van der Waals surface area (Å²) in [4.78, 5) is 0. The van der Waals surface area contributed by atoms with Gasteiger partial charge in [0.15, 0.2) is 11.6 Å². The SMILES string of the molecule is COc1ccc(CC2(CNC3CC3)CCOC2)cc1F. The van der Waals surface area contributed by atoms with Crippen LogP contribution in [0, 0.1) is 11.2 Å². The molecule has 1 saturated carbocycles. The van der Waals surface area contributed by atoms with E-state index in [2.05, 4.69) is 5.32 Å². The van der Waals surface area contributed by atoms with Crippen LogP contribution in [0.15, 0.2) is 18.2 Å². The highest BCUT2D eigenvalue weighted by Crippen LogP contribution is 2.34. The first-order valence-electron chi connectivity index (χ1n) is 7.34. The van der Waals surface area contributed by atoms with Gasteiger partial charge in [0.1, 0.15) is 0 Å². The van der Waals surface area contributed by atoms with Crippen LogP contribution in [0.4, 0.5) is 4.39 Å². The third-order valence-electron chi connectivity index (χ3n) is 4.32. The van der Waals surface area contributed by atoms with E-state index in [1.165, 1.54) is 20.0 Å². The van der Waals surface area contributed by atoms with Gasteiger partial charge in [0.05, 0.1) is 13.7 Å². The van der Waals surface area contributed by atoms with Crippen molar-refractivity contribution in [3.63, 3.8) is 0 Å². The molecule has 3 rings (SSSR count). The maximum atomic E-state index is 13.8. The number of rotatable bonds is 6. The van der Waals surface area contributed by atoms with Crippen molar-refractivity contribution in [2.45, 2.75) is 31.7 Å². The van der Waals surface area contributed by atoms with E-state index in [9.17, 15) is 4.39 Å². The predicted molar refractivity (Wildman–Crippen MR) is 75.5 cm³/mol. The molecule has 1 unspecified atom stereocenters. The molecule has 4 heteroatoms. The summed E-state index contributed by atoms with van der Waals surface area (Å²) in [6.07, 6.45) is 4.47. The number of benzene rings is 1. The molecule has 2 fully saturated rings. The topological polar surface area (TPSA) is 30.5 Å². The van der Waals surface area contributed by atoms with Gasteiger partial charge in [-0.3, -0.25) is 0 Å². The Bertz CT molecular complexity index is 468. The Labute approximate surface area is 119 Å². The lowest BCUT2D eigenvalue weighted by Gasteiger charge is -2.28. The molecule has 0 radical (unpaired) electrons. The van der Waals surface area contributed by atoms with Gasteiger partial charge in [-0.1, -0.05) is 6.07 Å². The van der Waals surface area contributed by atoms with Crippen molar-refractivity contribution in [2.75, 3.05) is 26.9 Å². The van der Waals surface area contributed by atoms with Gasteiger partial charge in [-0.25, -0.2) is 4.39 Å². The van der Waals surface area contributed by atoms with Crippen LogP contribution in [0.1, 0.15) is 24.8 Å². The molecule has 1 heterocycles. The molecule has 0 spiro atoms. The van der Waals surface area contributed by atoms with Crippen molar-refractivity contribution >= 4 is 0 Å². The first kappa shape index (κ1) is 13.8. The summed E-state index contributed by atoms with van der Waals surface area (Å²) in [5.74, 6) is 0.0239. The van der Waals surface area contributed by atoms with Crippen LogP contribution in [0.2, 0.25) is 0 Å². The standard InChI is InChI=1S/C16H22FNO2/c1-19-15-5-2-12(8-14(15)17)9-16(6-7-20-11-16)10-18-13-3-4-13/h2,5,8,13,18H,3-4,6-7,9-11H2,1H3. The summed E-state index contributed by atoms with van der Waals surface area (Å²) < 4.78 is 24.4. The fraction of sp³-hybridized carbons (Fsp3) is 0.625. The predicted octanol–water partition coefficient (Wildman–Crippen LogP) is 2.54. The molecular weight excluding hydrogens is 257 g/mol. The van der Waals surface area contributed by atoms with Crippen molar-refractivity contribution < 1.29 is 13.9 Å². The van der Waals surface area contributed by atoms with Crippen LogP contribution in [-0.2, 0) is 11.2 Å². The van der Waals surface area contributed by atoms with Crippen molar-refractivity contribution in [3.8, 4) is 5.75 Å².